The standard InChI is InChI=1S/C12H16N2O3/c1-8(2)17-12-6-10(13-9-3-4-9)5-11(7-12)14(15)16/h5-9,13H,3-4H2,1-2H3. The highest BCUT2D eigenvalue weighted by atomic mass is 16.6. The van der Waals surface area contributed by atoms with Crippen LogP contribution in [0, 0.1) is 10.1 Å². The smallest absolute Gasteiger partial charge is 0.275 e. The molecule has 1 fully saturated rings. The van der Waals surface area contributed by atoms with E-state index < -0.39 is 4.92 Å². The molecule has 1 saturated carbocycles. The van der Waals surface area contributed by atoms with Gasteiger partial charge < -0.3 is 10.1 Å². The van der Waals surface area contributed by atoms with E-state index in [2.05, 4.69) is 5.32 Å². The molecule has 0 heterocycles. The fourth-order valence-electron chi connectivity index (χ4n) is 1.58. The van der Waals surface area contributed by atoms with Gasteiger partial charge in [0, 0.05) is 23.9 Å². The minimum atomic E-state index is -0.398. The van der Waals surface area contributed by atoms with E-state index in [-0.39, 0.29) is 11.8 Å². The molecule has 0 radical (unpaired) electrons. The second kappa shape index (κ2) is 4.61. The summed E-state index contributed by atoms with van der Waals surface area (Å²) in [5.41, 5.74) is 0.823. The van der Waals surface area contributed by atoms with Gasteiger partial charge in [-0.15, -0.1) is 0 Å². The van der Waals surface area contributed by atoms with Crippen LogP contribution in [0.25, 0.3) is 0 Å². The Morgan fingerprint density at radius 1 is 1.41 bits per heavy atom. The van der Waals surface area contributed by atoms with Gasteiger partial charge in [0.15, 0.2) is 0 Å². The quantitative estimate of drug-likeness (QED) is 0.630. The van der Waals surface area contributed by atoms with Crippen LogP contribution in [0.5, 0.6) is 5.75 Å². The predicted molar refractivity (Wildman–Crippen MR) is 65.5 cm³/mol. The molecule has 0 saturated heterocycles. The molecule has 0 atom stereocenters. The first kappa shape index (κ1) is 11.7. The summed E-state index contributed by atoms with van der Waals surface area (Å²) in [6, 6.07) is 5.28. The lowest BCUT2D eigenvalue weighted by Gasteiger charge is -2.11. The van der Waals surface area contributed by atoms with Crippen molar-refractivity contribution in [2.75, 3.05) is 5.32 Å². The molecule has 5 nitrogen and oxygen atoms in total. The number of non-ortho nitro benzene ring substituents is 1. The Balaban J connectivity index is 2.23. The number of nitrogens with zero attached hydrogens (tertiary/aromatic N) is 1. The highest BCUT2D eigenvalue weighted by Crippen LogP contribution is 2.30. The number of anilines is 1. The highest BCUT2D eigenvalue weighted by molar-refractivity contribution is 5.57. The normalized spacial score (nSPS) is 14.8. The van der Waals surface area contributed by atoms with Crippen LogP contribution in [0.4, 0.5) is 11.4 Å². The van der Waals surface area contributed by atoms with Crippen molar-refractivity contribution in [2.24, 2.45) is 0 Å². The second-order valence-corrected chi connectivity index (χ2v) is 4.56. The molecule has 0 amide bonds. The average Bonchev–Trinajstić information content (AvgIpc) is 3.00. The molecule has 0 aromatic heterocycles. The van der Waals surface area contributed by atoms with Gasteiger partial charge in [-0.3, -0.25) is 10.1 Å². The van der Waals surface area contributed by atoms with Crippen molar-refractivity contribution >= 4 is 11.4 Å². The fraction of sp³-hybridized carbons (Fsp3) is 0.500. The Labute approximate surface area is 99.9 Å². The molecule has 5 heteroatoms. The van der Waals surface area contributed by atoms with Crippen molar-refractivity contribution < 1.29 is 9.66 Å². The molecule has 2 rings (SSSR count). The van der Waals surface area contributed by atoms with Crippen LogP contribution in [0.15, 0.2) is 18.2 Å². The van der Waals surface area contributed by atoms with E-state index in [4.69, 9.17) is 4.74 Å². The van der Waals surface area contributed by atoms with E-state index in [1.807, 2.05) is 19.9 Å². The molecule has 1 N–H and O–H groups in total. The zero-order chi connectivity index (χ0) is 12.4. The molecular formula is C12H16N2O3. The molecule has 17 heavy (non-hydrogen) atoms. The lowest BCUT2D eigenvalue weighted by molar-refractivity contribution is -0.384. The number of hydrogen-bond donors (Lipinski definition) is 1. The molecule has 92 valence electrons. The Morgan fingerprint density at radius 3 is 2.65 bits per heavy atom. The first-order valence-corrected chi connectivity index (χ1v) is 5.77. The van der Waals surface area contributed by atoms with E-state index in [1.165, 1.54) is 6.07 Å². The number of ether oxygens (including phenoxy) is 1. The average molecular weight is 236 g/mol. The summed E-state index contributed by atoms with van der Waals surface area (Å²) in [4.78, 5) is 10.4. The topological polar surface area (TPSA) is 64.4 Å². The van der Waals surface area contributed by atoms with Gasteiger partial charge >= 0.3 is 0 Å². The lowest BCUT2D eigenvalue weighted by atomic mass is 10.2. The minimum absolute atomic E-state index is 0.00535. The molecule has 0 unspecified atom stereocenters. The number of nitrogens with one attached hydrogen (secondary N) is 1. The number of nitro groups is 1. The largest absolute Gasteiger partial charge is 0.491 e. The van der Waals surface area contributed by atoms with Crippen molar-refractivity contribution in [1.82, 2.24) is 0 Å². The maximum Gasteiger partial charge on any atom is 0.275 e. The number of benzene rings is 1. The maximum atomic E-state index is 10.8. The third kappa shape index (κ3) is 3.34. The van der Waals surface area contributed by atoms with Crippen LogP contribution in [-0.2, 0) is 0 Å². The summed E-state index contributed by atoms with van der Waals surface area (Å²) in [5, 5.41) is 14.1. The van der Waals surface area contributed by atoms with Gasteiger partial charge in [0.1, 0.15) is 5.75 Å². The number of rotatable bonds is 5. The van der Waals surface area contributed by atoms with Gasteiger partial charge in [-0.1, -0.05) is 0 Å². The van der Waals surface area contributed by atoms with Crippen LogP contribution in [0.3, 0.4) is 0 Å². The molecule has 1 aliphatic carbocycles. The summed E-state index contributed by atoms with van der Waals surface area (Å²) in [7, 11) is 0. The van der Waals surface area contributed by atoms with Gasteiger partial charge in [-0.25, -0.2) is 0 Å². The summed E-state index contributed by atoms with van der Waals surface area (Å²) in [6.45, 7) is 3.79. The molecule has 1 aromatic carbocycles. The Kier molecular flexibility index (Phi) is 3.17. The first-order chi connectivity index (χ1) is 8.04. The third-order valence-electron chi connectivity index (χ3n) is 2.42. The Morgan fingerprint density at radius 2 is 2.12 bits per heavy atom. The van der Waals surface area contributed by atoms with Gasteiger partial charge in [0.2, 0.25) is 0 Å². The van der Waals surface area contributed by atoms with Crippen LogP contribution in [0.2, 0.25) is 0 Å². The Bertz CT molecular complexity index is 406. The monoisotopic (exact) mass is 236 g/mol. The predicted octanol–water partition coefficient (Wildman–Crippen LogP) is 2.96. The van der Waals surface area contributed by atoms with E-state index in [9.17, 15) is 10.1 Å². The summed E-state index contributed by atoms with van der Waals surface area (Å²) in [5.74, 6) is 0.539. The maximum absolute atomic E-state index is 10.8. The fourth-order valence-corrected chi connectivity index (χ4v) is 1.58. The molecule has 1 aliphatic rings. The molecular weight excluding hydrogens is 220 g/mol. The summed E-state index contributed by atoms with van der Waals surface area (Å²) < 4.78 is 5.50. The molecule has 0 aliphatic heterocycles. The Hall–Kier alpha value is -1.78. The van der Waals surface area contributed by atoms with Crippen molar-refractivity contribution in [3.63, 3.8) is 0 Å². The van der Waals surface area contributed by atoms with Crippen LogP contribution < -0.4 is 10.1 Å². The van der Waals surface area contributed by atoms with Crippen LogP contribution >= 0.6 is 0 Å². The van der Waals surface area contributed by atoms with Gasteiger partial charge in [0.05, 0.1) is 17.1 Å². The number of hydrogen-bond acceptors (Lipinski definition) is 4. The van der Waals surface area contributed by atoms with Crippen LogP contribution in [-0.4, -0.2) is 17.1 Å². The molecule has 1 aromatic rings. The van der Waals surface area contributed by atoms with Crippen molar-refractivity contribution in [1.29, 1.82) is 0 Å². The number of nitro benzene ring substituents is 1. The molecule has 0 bridgehead atoms. The summed E-state index contributed by atoms with van der Waals surface area (Å²) >= 11 is 0. The third-order valence-corrected chi connectivity index (χ3v) is 2.42. The van der Waals surface area contributed by atoms with E-state index in [0.717, 1.165) is 18.5 Å². The van der Waals surface area contributed by atoms with Crippen molar-refractivity contribution in [3.8, 4) is 5.75 Å². The van der Waals surface area contributed by atoms with E-state index >= 15 is 0 Å². The van der Waals surface area contributed by atoms with Crippen LogP contribution in [0.1, 0.15) is 26.7 Å². The van der Waals surface area contributed by atoms with Gasteiger partial charge in [-0.2, -0.15) is 0 Å². The minimum Gasteiger partial charge on any atom is -0.491 e. The van der Waals surface area contributed by atoms with E-state index in [1.54, 1.807) is 6.07 Å². The zero-order valence-corrected chi connectivity index (χ0v) is 9.97. The highest BCUT2D eigenvalue weighted by Gasteiger charge is 2.22. The zero-order valence-electron chi connectivity index (χ0n) is 9.97. The summed E-state index contributed by atoms with van der Waals surface area (Å²) in [6.07, 6.45) is 2.26. The first-order valence-electron chi connectivity index (χ1n) is 5.77. The van der Waals surface area contributed by atoms with Crippen molar-refractivity contribution in [2.45, 2.75) is 38.8 Å². The second-order valence-electron chi connectivity index (χ2n) is 4.56. The van der Waals surface area contributed by atoms with E-state index in [0.29, 0.717) is 11.8 Å². The lowest BCUT2D eigenvalue weighted by Crippen LogP contribution is -2.07. The van der Waals surface area contributed by atoms with Gasteiger partial charge in [0.25, 0.3) is 5.69 Å². The van der Waals surface area contributed by atoms with Crippen molar-refractivity contribution in [3.05, 3.63) is 28.3 Å². The van der Waals surface area contributed by atoms with Gasteiger partial charge in [-0.05, 0) is 26.7 Å². The molecule has 0 spiro atoms. The SMILES string of the molecule is CC(C)Oc1cc(NC2CC2)cc([N+](=O)[O-])c1.